The Hall–Kier alpha value is -3.13. The van der Waals surface area contributed by atoms with E-state index in [0.717, 1.165) is 11.4 Å². The van der Waals surface area contributed by atoms with Crippen LogP contribution in [0, 0.1) is 5.82 Å². The van der Waals surface area contributed by atoms with Crippen molar-refractivity contribution in [3.05, 3.63) is 60.2 Å². The maximum absolute atomic E-state index is 13.2. The fraction of sp³-hybridized carbons (Fsp3) is 0.300. The molecule has 1 aliphatic heterocycles. The van der Waals surface area contributed by atoms with Crippen molar-refractivity contribution in [1.82, 2.24) is 10.3 Å². The van der Waals surface area contributed by atoms with Crippen LogP contribution in [0.4, 0.5) is 16.0 Å². The number of nitrogens with one attached hydrogen (secondary N) is 3. The van der Waals surface area contributed by atoms with Crippen LogP contribution in [0.1, 0.15) is 24.9 Å². The average molecular weight is 385 g/mol. The Morgan fingerprint density at radius 2 is 2.04 bits per heavy atom. The lowest BCUT2D eigenvalue weighted by Crippen LogP contribution is -2.27. The molecule has 1 aliphatic rings. The fourth-order valence-electron chi connectivity index (χ4n) is 2.64. The number of ether oxygens (including phenoxy) is 1. The molecule has 0 fully saturated rings. The molecule has 0 amide bonds. The maximum Gasteiger partial charge on any atom is 0.137 e. The SMILES string of the molecule is C[C@H](Nc1cc(OCCCO)cc(NC2=NC=CNC2)n1)c1ccc(F)cc1. The zero-order chi connectivity index (χ0) is 19.8. The second-order valence-electron chi connectivity index (χ2n) is 6.31. The van der Waals surface area contributed by atoms with E-state index in [1.165, 1.54) is 12.1 Å². The number of nitrogens with zero attached hydrogens (tertiary/aromatic N) is 2. The molecular formula is C20H24FN5O2. The number of rotatable bonds is 8. The average Bonchev–Trinajstić information content (AvgIpc) is 2.69. The number of hydrogen-bond acceptors (Lipinski definition) is 7. The van der Waals surface area contributed by atoms with E-state index >= 15 is 0 Å². The predicted octanol–water partition coefficient (Wildman–Crippen LogP) is 3.04. The lowest BCUT2D eigenvalue weighted by Gasteiger charge is -2.18. The minimum Gasteiger partial charge on any atom is -0.493 e. The third-order valence-electron chi connectivity index (χ3n) is 4.07. The Morgan fingerprint density at radius 3 is 2.75 bits per heavy atom. The number of amidine groups is 1. The molecule has 3 rings (SSSR count). The van der Waals surface area contributed by atoms with Gasteiger partial charge in [0.2, 0.25) is 0 Å². The van der Waals surface area contributed by atoms with Gasteiger partial charge in [0, 0.05) is 43.6 Å². The fourth-order valence-corrected chi connectivity index (χ4v) is 2.64. The topological polar surface area (TPSA) is 90.8 Å². The van der Waals surface area contributed by atoms with Gasteiger partial charge in [-0.2, -0.15) is 0 Å². The van der Waals surface area contributed by atoms with Crippen molar-refractivity contribution in [2.45, 2.75) is 19.4 Å². The van der Waals surface area contributed by atoms with Crippen LogP contribution in [-0.2, 0) is 0 Å². The summed E-state index contributed by atoms with van der Waals surface area (Å²) in [4.78, 5) is 8.85. The summed E-state index contributed by atoms with van der Waals surface area (Å²) >= 11 is 0. The van der Waals surface area contributed by atoms with Gasteiger partial charge in [0.05, 0.1) is 13.2 Å². The van der Waals surface area contributed by atoms with Crippen LogP contribution in [0.25, 0.3) is 0 Å². The number of aliphatic hydroxyl groups is 1. The highest BCUT2D eigenvalue weighted by Crippen LogP contribution is 2.25. The second-order valence-corrected chi connectivity index (χ2v) is 6.31. The van der Waals surface area contributed by atoms with E-state index in [1.807, 2.05) is 6.92 Å². The Balaban J connectivity index is 1.78. The first-order valence-corrected chi connectivity index (χ1v) is 9.14. The van der Waals surface area contributed by atoms with Crippen LogP contribution in [0.2, 0.25) is 0 Å². The lowest BCUT2D eigenvalue weighted by atomic mass is 10.1. The number of aromatic nitrogens is 1. The number of benzene rings is 1. The molecule has 28 heavy (non-hydrogen) atoms. The summed E-state index contributed by atoms with van der Waals surface area (Å²) in [6, 6.07) is 9.85. The molecular weight excluding hydrogens is 361 g/mol. The molecule has 7 nitrogen and oxygen atoms in total. The van der Waals surface area contributed by atoms with Crippen LogP contribution < -0.4 is 20.7 Å². The van der Waals surface area contributed by atoms with Crippen molar-refractivity contribution in [3.8, 4) is 5.75 Å². The van der Waals surface area contributed by atoms with Crippen LogP contribution in [0.3, 0.4) is 0 Å². The van der Waals surface area contributed by atoms with Gasteiger partial charge < -0.3 is 25.8 Å². The minimum absolute atomic E-state index is 0.0672. The van der Waals surface area contributed by atoms with Gasteiger partial charge in [-0.05, 0) is 24.6 Å². The number of aliphatic imine (C=N–C) groups is 1. The van der Waals surface area contributed by atoms with Gasteiger partial charge in [-0.15, -0.1) is 0 Å². The molecule has 1 aromatic carbocycles. The summed E-state index contributed by atoms with van der Waals surface area (Å²) in [7, 11) is 0. The van der Waals surface area contributed by atoms with Gasteiger partial charge >= 0.3 is 0 Å². The second kappa shape index (κ2) is 9.70. The first-order chi connectivity index (χ1) is 13.6. The molecule has 0 spiro atoms. The zero-order valence-corrected chi connectivity index (χ0v) is 15.7. The van der Waals surface area contributed by atoms with Gasteiger partial charge in [0.25, 0.3) is 0 Å². The van der Waals surface area contributed by atoms with Gasteiger partial charge in [0.1, 0.15) is 29.0 Å². The van der Waals surface area contributed by atoms with E-state index in [4.69, 9.17) is 9.84 Å². The number of pyridine rings is 1. The van der Waals surface area contributed by atoms with Gasteiger partial charge in [-0.1, -0.05) is 12.1 Å². The first kappa shape index (κ1) is 19.6. The molecule has 8 heteroatoms. The van der Waals surface area contributed by atoms with E-state index in [1.54, 1.807) is 36.7 Å². The standard InChI is InChI=1S/C20H24FN5O2/c1-14(15-3-5-16(21)6-4-15)24-18-11-17(28-10-2-9-27)12-19(25-18)26-20-13-22-7-8-23-20/h3-8,11-12,14,22,27H,2,9-10,13H2,1H3,(H2,23,24,25,26)/t14-/m0/s1. The van der Waals surface area contributed by atoms with Crippen molar-refractivity contribution in [3.63, 3.8) is 0 Å². The highest BCUT2D eigenvalue weighted by Gasteiger charge is 2.11. The summed E-state index contributed by atoms with van der Waals surface area (Å²) in [5.74, 6) is 2.29. The lowest BCUT2D eigenvalue weighted by molar-refractivity contribution is 0.233. The monoisotopic (exact) mass is 385 g/mol. The summed E-state index contributed by atoms with van der Waals surface area (Å²) in [6.07, 6.45) is 3.98. The Labute approximate surface area is 163 Å². The molecule has 148 valence electrons. The van der Waals surface area contributed by atoms with Gasteiger partial charge in [-0.3, -0.25) is 0 Å². The molecule has 2 aromatic rings. The molecule has 0 saturated carbocycles. The van der Waals surface area contributed by atoms with Crippen molar-refractivity contribution in [2.75, 3.05) is 30.4 Å². The molecule has 4 N–H and O–H groups in total. The summed E-state index contributed by atoms with van der Waals surface area (Å²) in [6.45, 7) is 3.01. The largest absolute Gasteiger partial charge is 0.493 e. The number of anilines is 2. The molecule has 1 aromatic heterocycles. The van der Waals surface area contributed by atoms with Crippen molar-refractivity contribution in [2.24, 2.45) is 4.99 Å². The highest BCUT2D eigenvalue weighted by molar-refractivity contribution is 5.97. The van der Waals surface area contributed by atoms with Crippen molar-refractivity contribution < 1.29 is 14.2 Å². The number of hydrogen-bond donors (Lipinski definition) is 4. The molecule has 1 atom stereocenters. The normalized spacial score (nSPS) is 14.0. The molecule has 0 unspecified atom stereocenters. The van der Waals surface area contributed by atoms with Crippen LogP contribution in [0.15, 0.2) is 53.8 Å². The molecule has 2 heterocycles. The van der Waals surface area contributed by atoms with Crippen molar-refractivity contribution in [1.29, 1.82) is 0 Å². The number of aliphatic hydroxyl groups excluding tert-OH is 1. The van der Waals surface area contributed by atoms with Crippen LogP contribution >= 0.6 is 0 Å². The zero-order valence-electron chi connectivity index (χ0n) is 15.7. The van der Waals surface area contributed by atoms with E-state index < -0.39 is 0 Å². The smallest absolute Gasteiger partial charge is 0.137 e. The first-order valence-electron chi connectivity index (χ1n) is 9.14. The minimum atomic E-state index is -0.268. The Kier molecular flexibility index (Phi) is 6.80. The molecule has 0 saturated heterocycles. The van der Waals surface area contributed by atoms with Crippen LogP contribution in [-0.4, -0.2) is 35.7 Å². The summed E-state index contributed by atoms with van der Waals surface area (Å²) in [5, 5.41) is 18.5. The van der Waals surface area contributed by atoms with Crippen molar-refractivity contribution >= 4 is 17.5 Å². The number of halogens is 1. The van der Waals surface area contributed by atoms with Gasteiger partial charge in [-0.25, -0.2) is 14.4 Å². The Morgan fingerprint density at radius 1 is 1.25 bits per heavy atom. The van der Waals surface area contributed by atoms with E-state index in [2.05, 4.69) is 25.9 Å². The highest BCUT2D eigenvalue weighted by atomic mass is 19.1. The Bertz CT molecular complexity index is 839. The third-order valence-corrected chi connectivity index (χ3v) is 4.07. The molecule has 0 aliphatic carbocycles. The molecule has 0 bridgehead atoms. The summed E-state index contributed by atoms with van der Waals surface area (Å²) in [5.41, 5.74) is 0.940. The quantitative estimate of drug-likeness (QED) is 0.522. The maximum atomic E-state index is 13.2. The van der Waals surface area contributed by atoms with Crippen LogP contribution in [0.5, 0.6) is 5.75 Å². The van der Waals surface area contributed by atoms with E-state index in [0.29, 0.717) is 37.0 Å². The van der Waals surface area contributed by atoms with E-state index in [-0.39, 0.29) is 18.5 Å². The van der Waals surface area contributed by atoms with E-state index in [9.17, 15) is 4.39 Å². The van der Waals surface area contributed by atoms with Gasteiger partial charge in [0.15, 0.2) is 0 Å². The predicted molar refractivity (Wildman–Crippen MR) is 108 cm³/mol. The third kappa shape index (κ3) is 5.68. The molecule has 0 radical (unpaired) electrons. The summed E-state index contributed by atoms with van der Waals surface area (Å²) < 4.78 is 18.9.